The number of anilines is 3. The number of rotatable bonds is 2. The fraction of sp³-hybridized carbons (Fsp3) is 0. The molecule has 1 heterocycles. The topological polar surface area (TPSA) is 94.8 Å². The standard InChI is InChI=1S/C9H9ClN6S/c10-5-1-3-6(4-2-5)13-8-14-7(11)15-9(17)16(8)12/h1-4H,12H2,(H3,11,13,14,15,17). The van der Waals surface area contributed by atoms with E-state index in [4.69, 9.17) is 35.4 Å². The van der Waals surface area contributed by atoms with E-state index in [9.17, 15) is 0 Å². The Morgan fingerprint density at radius 1 is 1.24 bits per heavy atom. The van der Waals surface area contributed by atoms with E-state index >= 15 is 0 Å². The molecule has 0 radical (unpaired) electrons. The van der Waals surface area contributed by atoms with E-state index in [0.717, 1.165) is 10.4 Å². The Kier molecular flexibility index (Phi) is 3.12. The Labute approximate surface area is 107 Å². The Morgan fingerprint density at radius 2 is 1.88 bits per heavy atom. The zero-order valence-electron chi connectivity index (χ0n) is 8.59. The first-order chi connectivity index (χ1) is 8.06. The number of nitrogens with zero attached hydrogens (tertiary/aromatic N) is 3. The summed E-state index contributed by atoms with van der Waals surface area (Å²) in [6, 6.07) is 7.04. The molecule has 5 N–H and O–H groups in total. The third-order valence-corrected chi connectivity index (χ3v) is 2.51. The lowest BCUT2D eigenvalue weighted by Gasteiger charge is -2.10. The highest BCUT2D eigenvalue weighted by Crippen LogP contribution is 2.17. The summed E-state index contributed by atoms with van der Waals surface area (Å²) >= 11 is 10.7. The Hall–Kier alpha value is -1.86. The van der Waals surface area contributed by atoms with Crippen LogP contribution in [0, 0.1) is 4.77 Å². The normalized spacial score (nSPS) is 10.2. The molecule has 0 spiro atoms. The maximum Gasteiger partial charge on any atom is 0.232 e. The summed E-state index contributed by atoms with van der Waals surface area (Å²) in [5.74, 6) is 6.05. The van der Waals surface area contributed by atoms with Crippen molar-refractivity contribution in [3.8, 4) is 0 Å². The molecule has 0 aliphatic heterocycles. The summed E-state index contributed by atoms with van der Waals surface area (Å²) in [6.07, 6.45) is 0. The van der Waals surface area contributed by atoms with Gasteiger partial charge in [0.15, 0.2) is 0 Å². The lowest BCUT2D eigenvalue weighted by Crippen LogP contribution is -2.19. The minimum atomic E-state index is 0.0631. The third kappa shape index (κ3) is 2.63. The summed E-state index contributed by atoms with van der Waals surface area (Å²) in [4.78, 5) is 7.69. The van der Waals surface area contributed by atoms with Crippen molar-refractivity contribution in [3.05, 3.63) is 34.1 Å². The van der Waals surface area contributed by atoms with Gasteiger partial charge in [-0.05, 0) is 36.5 Å². The molecule has 0 bridgehead atoms. The van der Waals surface area contributed by atoms with Gasteiger partial charge in [-0.3, -0.25) is 0 Å². The highest BCUT2D eigenvalue weighted by molar-refractivity contribution is 7.71. The number of nitrogen functional groups attached to an aromatic ring is 2. The number of nitrogens with two attached hydrogens (primary N) is 2. The number of hydrogen-bond acceptors (Lipinski definition) is 6. The van der Waals surface area contributed by atoms with Gasteiger partial charge in [0.2, 0.25) is 16.7 Å². The van der Waals surface area contributed by atoms with E-state index in [-0.39, 0.29) is 10.7 Å². The van der Waals surface area contributed by atoms with Gasteiger partial charge >= 0.3 is 0 Å². The number of halogens is 1. The second-order valence-corrected chi connectivity index (χ2v) is 3.99. The van der Waals surface area contributed by atoms with E-state index in [1.54, 1.807) is 24.3 Å². The summed E-state index contributed by atoms with van der Waals surface area (Å²) in [5.41, 5.74) is 6.25. The van der Waals surface area contributed by atoms with Crippen molar-refractivity contribution in [3.63, 3.8) is 0 Å². The minimum absolute atomic E-state index is 0.0631. The highest BCUT2D eigenvalue weighted by atomic mass is 35.5. The average Bonchev–Trinajstić information content (AvgIpc) is 2.28. The number of nitrogens with one attached hydrogen (secondary N) is 1. The van der Waals surface area contributed by atoms with Crippen LogP contribution in [0.2, 0.25) is 5.02 Å². The predicted octanol–water partition coefficient (Wildman–Crippen LogP) is 1.70. The molecule has 1 aromatic heterocycles. The molecule has 1 aromatic carbocycles. The van der Waals surface area contributed by atoms with Crippen LogP contribution in [0.15, 0.2) is 24.3 Å². The van der Waals surface area contributed by atoms with Gasteiger partial charge in [-0.25, -0.2) is 4.68 Å². The first-order valence-electron chi connectivity index (χ1n) is 4.60. The average molecular weight is 269 g/mol. The SMILES string of the molecule is Nc1nc(Nc2ccc(Cl)cc2)n(N)c(=S)n1. The maximum absolute atomic E-state index is 5.78. The number of benzene rings is 1. The Balaban J connectivity index is 2.36. The van der Waals surface area contributed by atoms with Crippen molar-refractivity contribution in [1.82, 2.24) is 14.6 Å². The molecule has 17 heavy (non-hydrogen) atoms. The minimum Gasteiger partial charge on any atom is -0.368 e. The summed E-state index contributed by atoms with van der Waals surface area (Å²) < 4.78 is 1.29. The zero-order chi connectivity index (χ0) is 12.4. The summed E-state index contributed by atoms with van der Waals surface area (Å²) in [5, 5.41) is 3.60. The molecular weight excluding hydrogens is 260 g/mol. The molecule has 8 heteroatoms. The van der Waals surface area contributed by atoms with Crippen LogP contribution < -0.4 is 16.9 Å². The molecule has 6 nitrogen and oxygen atoms in total. The monoisotopic (exact) mass is 268 g/mol. The van der Waals surface area contributed by atoms with E-state index in [2.05, 4.69) is 15.3 Å². The third-order valence-electron chi connectivity index (χ3n) is 1.97. The van der Waals surface area contributed by atoms with Crippen LogP contribution >= 0.6 is 23.8 Å². The van der Waals surface area contributed by atoms with Crippen LogP contribution in [0.3, 0.4) is 0 Å². The second-order valence-electron chi connectivity index (χ2n) is 3.19. The highest BCUT2D eigenvalue weighted by Gasteiger charge is 2.04. The molecule has 0 atom stereocenters. The van der Waals surface area contributed by atoms with E-state index in [0.29, 0.717) is 11.0 Å². The van der Waals surface area contributed by atoms with Gasteiger partial charge in [0, 0.05) is 10.7 Å². The Morgan fingerprint density at radius 3 is 2.53 bits per heavy atom. The zero-order valence-corrected chi connectivity index (χ0v) is 10.2. The smallest absolute Gasteiger partial charge is 0.232 e. The fourth-order valence-corrected chi connectivity index (χ4v) is 1.49. The molecule has 0 saturated heterocycles. The van der Waals surface area contributed by atoms with Crippen LogP contribution in [0.5, 0.6) is 0 Å². The molecule has 0 unspecified atom stereocenters. The van der Waals surface area contributed by atoms with Crippen LogP contribution in [-0.2, 0) is 0 Å². The van der Waals surface area contributed by atoms with E-state index < -0.39 is 0 Å². The van der Waals surface area contributed by atoms with E-state index in [1.807, 2.05) is 0 Å². The molecule has 0 saturated carbocycles. The molecule has 0 aliphatic carbocycles. The summed E-state index contributed by atoms with van der Waals surface area (Å²) in [6.45, 7) is 0. The van der Waals surface area contributed by atoms with Crippen LogP contribution in [-0.4, -0.2) is 14.6 Å². The van der Waals surface area contributed by atoms with Gasteiger partial charge in [0.25, 0.3) is 0 Å². The van der Waals surface area contributed by atoms with Crippen molar-refractivity contribution in [2.45, 2.75) is 0 Å². The quantitative estimate of drug-likeness (QED) is 0.567. The van der Waals surface area contributed by atoms with Crippen LogP contribution in [0.1, 0.15) is 0 Å². The largest absolute Gasteiger partial charge is 0.368 e. The first kappa shape index (κ1) is 11.6. The Bertz CT molecular complexity index is 593. The lowest BCUT2D eigenvalue weighted by molar-refractivity contribution is 0.876. The molecule has 2 aromatic rings. The van der Waals surface area contributed by atoms with E-state index in [1.165, 1.54) is 0 Å². The molecule has 88 valence electrons. The van der Waals surface area contributed by atoms with Gasteiger partial charge in [0.1, 0.15) is 0 Å². The van der Waals surface area contributed by atoms with Crippen molar-refractivity contribution >= 4 is 41.4 Å². The lowest BCUT2D eigenvalue weighted by atomic mass is 10.3. The van der Waals surface area contributed by atoms with Gasteiger partial charge in [-0.15, -0.1) is 0 Å². The number of hydrogen-bond donors (Lipinski definition) is 3. The summed E-state index contributed by atoms with van der Waals surface area (Å²) in [7, 11) is 0. The van der Waals surface area contributed by atoms with Crippen molar-refractivity contribution in [1.29, 1.82) is 0 Å². The molecule has 2 rings (SSSR count). The number of aromatic nitrogens is 3. The fourth-order valence-electron chi connectivity index (χ4n) is 1.18. The van der Waals surface area contributed by atoms with Crippen molar-refractivity contribution in [2.75, 3.05) is 16.9 Å². The van der Waals surface area contributed by atoms with Crippen LogP contribution in [0.25, 0.3) is 0 Å². The predicted molar refractivity (Wildman–Crippen MR) is 70.2 cm³/mol. The van der Waals surface area contributed by atoms with Crippen molar-refractivity contribution < 1.29 is 0 Å². The van der Waals surface area contributed by atoms with Crippen molar-refractivity contribution in [2.24, 2.45) is 0 Å². The first-order valence-corrected chi connectivity index (χ1v) is 5.39. The van der Waals surface area contributed by atoms with Crippen LogP contribution in [0.4, 0.5) is 17.6 Å². The molecular formula is C9H9ClN6S. The van der Waals surface area contributed by atoms with Gasteiger partial charge in [-0.1, -0.05) is 11.6 Å². The molecule has 0 fully saturated rings. The molecule has 0 amide bonds. The van der Waals surface area contributed by atoms with Gasteiger partial charge in [-0.2, -0.15) is 9.97 Å². The molecule has 0 aliphatic rings. The second kappa shape index (κ2) is 4.56. The maximum atomic E-state index is 5.78. The van der Waals surface area contributed by atoms with Gasteiger partial charge in [0.05, 0.1) is 0 Å². The van der Waals surface area contributed by atoms with Gasteiger partial charge < -0.3 is 16.9 Å².